The molecule has 5 aliphatic heterocycles. The third-order valence-corrected chi connectivity index (χ3v) is 28.8. The number of alkyl carbamates (subject to hydrolysis) is 2. The SMILES string of the molecule is C=C[C@@H]1O[C@@H]2C3=C(C)[C@@H](OC(=O)[C@H](O)[C@@H](NC(=O)OC(C)(C)C)c4ncccc4F)C[C@@](O)([C@@H](OC(=O)c4ccccc4)[C@H]4[C@@](C)(CC[C@H]5OC[C@]54OC(C)=O)[C@@H]2O1)C3(C)C.CC(=O)O[C@@]12CO[C@@H]1CC[C@@]1(C)[C@@H]3O[C@H](CN4CC(N(C)C(C)=O)C4)O[C@@H]3C3=C(C)[C@@H](OC(=O)[C@H](O)[C@@H](NC(=O)OC(C)(C)C)c4ncccc4F)C[C@@](O)([C@@H](OC(=O)c4ccccc4)[C@@H]12)C3(C)C. The monoisotopic (exact) mass is 1810 g/mol. The second-order valence-electron chi connectivity index (χ2n) is 39.8. The van der Waals surface area contributed by atoms with Crippen molar-refractivity contribution in [2.75, 3.05) is 39.9 Å². The van der Waals surface area contributed by atoms with Gasteiger partial charge in [0.2, 0.25) is 5.91 Å². The maximum atomic E-state index is 15.4. The van der Waals surface area contributed by atoms with Crippen molar-refractivity contribution in [1.82, 2.24) is 30.4 Å². The van der Waals surface area contributed by atoms with Crippen LogP contribution in [0, 0.1) is 45.1 Å². The molecule has 6 aliphatic carbocycles. The Morgan fingerprint density at radius 2 is 0.985 bits per heavy atom. The number of nitrogens with zero attached hydrogens (tertiary/aromatic N) is 4. The Bertz CT molecular complexity index is 5100. The lowest BCUT2D eigenvalue weighted by molar-refractivity contribution is -0.345. The van der Waals surface area contributed by atoms with Crippen molar-refractivity contribution in [3.05, 3.63) is 166 Å². The number of hydrogen-bond acceptors (Lipinski definition) is 30. The van der Waals surface area contributed by atoms with E-state index in [9.17, 15) is 63.6 Å². The first kappa shape index (κ1) is 96.3. The Balaban J connectivity index is 0.000000211. The summed E-state index contributed by atoms with van der Waals surface area (Å²) >= 11 is 0. The summed E-state index contributed by atoms with van der Waals surface area (Å²) in [6.07, 6.45) is -14.1. The zero-order valence-corrected chi connectivity index (χ0v) is 76.5. The van der Waals surface area contributed by atoms with Crippen LogP contribution in [0.3, 0.4) is 0 Å². The highest BCUT2D eigenvalue weighted by Crippen LogP contribution is 2.70. The van der Waals surface area contributed by atoms with E-state index in [0.29, 0.717) is 67.6 Å². The standard InChI is InChI=1S/C50H65FN4O14.C45H55FN2O13/c1-26-32(64-44(60)38(58)37(36-31(51)17-14-20-52-36)53-45(61)69-46(4,5)6)21-50(62)42(67-43(59)29-15-12-11-13-16-29)40-48(9,19-18-33-49(40,25-63-33)68-28(3)57)41-39(35(26)47(50,7)8)65-34(66-41)24-55-22-30(23-55)54(10)27(2)56;1-10-29-57-34-30-23(2)27(56-39(52)33(50)32(31-26(46)17-14-20-47-31)48-40(53)61-41(4,5)6)21-45(54,42(30,7)8)37(59-38(51)25-15-12-11-13-16-25)35-43(9,36(34)58-29)19-18-28-44(35,22-55-28)60-24(3)49/h11-17,20,30,32-34,37-42,58,62H,18-19,21-25H2,1-10H3,(H,53,61);10-17,20,27-29,32-37,50,54H,1,18-19,21-22H2,2-9H3,(H,48,53)/t32-,33+,34+,37-,38+,39+,40-,41+,42-,48+,49-,50+;27-,28+,29+,32-,33+,34+,35-,36+,37-,43+,44-,45+/m00/s1. The van der Waals surface area contributed by atoms with Gasteiger partial charge in [-0.05, 0) is 158 Å². The molecule has 4 bridgehead atoms. The summed E-state index contributed by atoms with van der Waals surface area (Å²) in [5.74, 6) is -9.32. The van der Waals surface area contributed by atoms with Gasteiger partial charge in [0, 0.05) is 94.3 Å². The number of amides is 3. The van der Waals surface area contributed by atoms with Gasteiger partial charge in [0.15, 0.2) is 36.0 Å². The molecule has 5 saturated heterocycles. The van der Waals surface area contributed by atoms with E-state index in [1.807, 2.05) is 13.8 Å². The molecular formula is C95H120F2N6O27. The van der Waals surface area contributed by atoms with Gasteiger partial charge in [0.05, 0.1) is 54.4 Å². The highest BCUT2D eigenvalue weighted by atomic mass is 19.1. The van der Waals surface area contributed by atoms with Crippen molar-refractivity contribution in [2.45, 2.75) is 294 Å². The lowest BCUT2D eigenvalue weighted by Crippen LogP contribution is -2.79. The molecule has 6 N–H and O–H groups in total. The molecule has 0 radical (unpaired) electrons. The fraction of sp³-hybridized carbons (Fsp3) is 0.611. The number of rotatable bonds is 20. The summed E-state index contributed by atoms with van der Waals surface area (Å²) in [5.41, 5.74) is -12.7. The molecule has 4 aromatic rings. The quantitative estimate of drug-likeness (QED) is 0.0272. The molecule has 35 heteroatoms. The highest BCUT2D eigenvalue weighted by Gasteiger charge is 2.80. The number of hydrogen-bond donors (Lipinski definition) is 6. The summed E-state index contributed by atoms with van der Waals surface area (Å²) in [4.78, 5) is 134. The van der Waals surface area contributed by atoms with Crippen molar-refractivity contribution >= 4 is 53.9 Å². The number of likely N-dealkylation sites (tertiary alicyclic amines) is 1. The van der Waals surface area contributed by atoms with Crippen molar-refractivity contribution in [3.8, 4) is 0 Å². The van der Waals surface area contributed by atoms with Crippen LogP contribution in [0.2, 0.25) is 0 Å². The van der Waals surface area contributed by atoms with Gasteiger partial charge in [0.25, 0.3) is 0 Å². The highest BCUT2D eigenvalue weighted by molar-refractivity contribution is 5.90. The van der Waals surface area contributed by atoms with Crippen LogP contribution in [0.25, 0.3) is 0 Å². The molecule has 33 nitrogen and oxygen atoms in total. The van der Waals surface area contributed by atoms with E-state index in [-0.39, 0.29) is 36.3 Å². The fourth-order valence-corrected chi connectivity index (χ4v) is 22.3. The fourth-order valence-electron chi connectivity index (χ4n) is 22.3. The van der Waals surface area contributed by atoms with E-state index in [2.05, 4.69) is 32.1 Å². The number of carbonyl (C=O) groups excluding carboxylic acids is 9. The lowest BCUT2D eigenvalue weighted by atomic mass is 9.45. The molecule has 7 heterocycles. The number of esters is 6. The van der Waals surface area contributed by atoms with Crippen molar-refractivity contribution in [2.24, 2.45) is 33.5 Å². The number of benzene rings is 2. The van der Waals surface area contributed by atoms with Crippen molar-refractivity contribution in [3.63, 3.8) is 0 Å². The number of ether oxygens (including phenoxy) is 14. The molecule has 24 atom stereocenters. The van der Waals surface area contributed by atoms with E-state index >= 15 is 8.78 Å². The van der Waals surface area contributed by atoms with Crippen LogP contribution >= 0.6 is 0 Å². The van der Waals surface area contributed by atoms with E-state index < -0.39 is 249 Å². The molecule has 15 rings (SSSR count). The molecule has 0 unspecified atom stereocenters. The number of aliphatic hydroxyl groups is 4. The molecule has 3 amide bonds. The Hall–Kier alpha value is -9.79. The number of aromatic nitrogens is 2. The molecule has 9 fully saturated rings. The second kappa shape index (κ2) is 35.6. The first-order valence-electron chi connectivity index (χ1n) is 44.1. The molecule has 0 spiro atoms. The number of likely N-dealkylation sites (N-methyl/N-ethyl adjacent to an activating group) is 1. The number of nitrogens with one attached hydrogen (secondary N) is 2. The van der Waals surface area contributed by atoms with E-state index in [1.54, 1.807) is 156 Å². The molecular weight excluding hydrogens is 1700 g/mol. The maximum Gasteiger partial charge on any atom is 0.408 e. The molecule has 130 heavy (non-hydrogen) atoms. The van der Waals surface area contributed by atoms with Crippen LogP contribution < -0.4 is 10.6 Å². The first-order chi connectivity index (χ1) is 60.9. The van der Waals surface area contributed by atoms with E-state index in [4.69, 9.17) is 66.3 Å². The predicted octanol–water partition coefficient (Wildman–Crippen LogP) is 9.35. The first-order valence-corrected chi connectivity index (χ1v) is 44.1. The summed E-state index contributed by atoms with van der Waals surface area (Å²) in [6, 6.07) is 17.6. The maximum absolute atomic E-state index is 15.4. The van der Waals surface area contributed by atoms with Gasteiger partial charge in [-0.15, -0.1) is 0 Å². The van der Waals surface area contributed by atoms with Gasteiger partial charge in [0.1, 0.15) is 106 Å². The van der Waals surface area contributed by atoms with E-state index in [1.165, 1.54) is 51.4 Å². The van der Waals surface area contributed by atoms with Gasteiger partial charge in [-0.3, -0.25) is 29.3 Å². The minimum atomic E-state index is -2.27. The van der Waals surface area contributed by atoms with Gasteiger partial charge in [-0.1, -0.05) is 84.5 Å². The van der Waals surface area contributed by atoms with E-state index in [0.717, 1.165) is 12.1 Å². The Kier molecular flexibility index (Phi) is 26.4. The van der Waals surface area contributed by atoms with Crippen LogP contribution in [0.1, 0.15) is 200 Å². The number of carbonyl (C=O) groups is 9. The van der Waals surface area contributed by atoms with Crippen LogP contribution in [-0.4, -0.2) is 259 Å². The third kappa shape index (κ3) is 17.3. The minimum absolute atomic E-state index is 0.00634. The summed E-state index contributed by atoms with van der Waals surface area (Å²) in [7, 11) is 1.76. The summed E-state index contributed by atoms with van der Waals surface area (Å²) in [6.45, 7) is 33.4. The largest absolute Gasteiger partial charge is 0.456 e. The predicted molar refractivity (Wildman–Crippen MR) is 454 cm³/mol. The number of halogens is 2. The van der Waals surface area contributed by atoms with Gasteiger partial charge in [-0.2, -0.15) is 0 Å². The zero-order valence-electron chi connectivity index (χ0n) is 76.5. The molecule has 2 aromatic carbocycles. The topological polar surface area (TPSA) is 420 Å². The average molecular weight is 1820 g/mol. The van der Waals surface area contributed by atoms with Crippen molar-refractivity contribution < 1.29 is 139 Å². The minimum Gasteiger partial charge on any atom is -0.456 e. The smallest absolute Gasteiger partial charge is 0.408 e. The van der Waals surface area contributed by atoms with Gasteiger partial charge in [-0.25, -0.2) is 37.5 Å². The van der Waals surface area contributed by atoms with Crippen LogP contribution in [0.5, 0.6) is 0 Å². The third-order valence-electron chi connectivity index (χ3n) is 28.8. The average Bonchev–Trinajstić information content (AvgIpc) is 1.16. The number of aliphatic hydroxyl groups excluding tert-OH is 2. The molecule has 4 saturated carbocycles. The molecule has 11 aliphatic rings. The van der Waals surface area contributed by atoms with Crippen LogP contribution in [-0.2, 0) is 90.3 Å². The lowest BCUT2D eigenvalue weighted by Gasteiger charge is -2.68. The second-order valence-corrected chi connectivity index (χ2v) is 39.8. The van der Waals surface area contributed by atoms with Crippen LogP contribution in [0.15, 0.2) is 132 Å². The van der Waals surface area contributed by atoms with Gasteiger partial charge >= 0.3 is 48.0 Å². The summed E-state index contributed by atoms with van der Waals surface area (Å²) in [5, 5.41) is 56.0. The molecule has 706 valence electrons. The number of pyridine rings is 2. The zero-order chi connectivity index (χ0) is 94.6. The van der Waals surface area contributed by atoms with Crippen LogP contribution in [0.4, 0.5) is 18.4 Å². The normalized spacial score (nSPS) is 34.1. The Morgan fingerprint density at radius 1 is 0.585 bits per heavy atom. The Labute approximate surface area is 753 Å². The summed E-state index contributed by atoms with van der Waals surface area (Å²) < 4.78 is 119. The van der Waals surface area contributed by atoms with Crippen molar-refractivity contribution in [1.29, 1.82) is 0 Å². The van der Waals surface area contributed by atoms with Gasteiger partial charge < -0.3 is 102 Å². The number of fused-ring (bicyclic) bond motifs is 16. The Morgan fingerprint density at radius 3 is 1.35 bits per heavy atom. The molecule has 2 aromatic heterocycles.